The van der Waals surface area contributed by atoms with E-state index in [1.54, 1.807) is 0 Å². The quantitative estimate of drug-likeness (QED) is 0.165. The average Bonchev–Trinajstić information content (AvgIpc) is 3.94. The molecule has 1 fully saturated rings. The van der Waals surface area contributed by atoms with Crippen molar-refractivity contribution in [3.8, 4) is 55.6 Å². The third-order valence-electron chi connectivity index (χ3n) is 13.4. The standard InChI is InChI=1S/C56H45N/c1-55(2)49-25-10-6-21-44(49)47-23-16-24-48(54(47)55)46-22-9-13-28-53(46)57(41-33-34-45-43-20-7-11-26-50(43)56(51(45)37-41)35-14-15-36-56)52-27-12-8-19-42(52)40-31-29-39(30-32-40)38-17-4-3-5-18-38/h3-13,16-34,37H,14-15,35-36H2,1-2H3. The highest BCUT2D eigenvalue weighted by Gasteiger charge is 2.45. The van der Waals surface area contributed by atoms with Gasteiger partial charge in [0.2, 0.25) is 0 Å². The Labute approximate surface area is 336 Å². The highest BCUT2D eigenvalue weighted by Crippen LogP contribution is 2.59. The maximum atomic E-state index is 2.57. The van der Waals surface area contributed by atoms with Crippen LogP contribution in [0.25, 0.3) is 55.6 Å². The Balaban J connectivity index is 1.14. The van der Waals surface area contributed by atoms with Gasteiger partial charge in [0.15, 0.2) is 0 Å². The molecule has 3 aliphatic rings. The van der Waals surface area contributed by atoms with Gasteiger partial charge in [0, 0.05) is 27.6 Å². The van der Waals surface area contributed by atoms with Crippen molar-refractivity contribution in [1.82, 2.24) is 0 Å². The summed E-state index contributed by atoms with van der Waals surface area (Å²) in [6.45, 7) is 4.80. The summed E-state index contributed by atoms with van der Waals surface area (Å²) in [7, 11) is 0. The molecule has 274 valence electrons. The molecular formula is C56H45N. The van der Waals surface area contributed by atoms with Crippen LogP contribution in [-0.4, -0.2) is 0 Å². The number of fused-ring (bicyclic) bond motifs is 8. The first kappa shape index (κ1) is 33.9. The van der Waals surface area contributed by atoms with Crippen LogP contribution >= 0.6 is 0 Å². The van der Waals surface area contributed by atoms with Gasteiger partial charge in [-0.25, -0.2) is 0 Å². The van der Waals surface area contributed by atoms with Gasteiger partial charge in [-0.15, -0.1) is 0 Å². The van der Waals surface area contributed by atoms with Crippen molar-refractivity contribution in [2.24, 2.45) is 0 Å². The Morgan fingerprint density at radius 2 is 0.860 bits per heavy atom. The smallest absolute Gasteiger partial charge is 0.0540 e. The van der Waals surface area contributed by atoms with Crippen molar-refractivity contribution in [3.63, 3.8) is 0 Å². The van der Waals surface area contributed by atoms with Gasteiger partial charge in [0.1, 0.15) is 0 Å². The molecule has 0 radical (unpaired) electrons. The third-order valence-corrected chi connectivity index (χ3v) is 13.4. The second kappa shape index (κ2) is 13.1. The van der Waals surface area contributed by atoms with Gasteiger partial charge in [-0.2, -0.15) is 0 Å². The Hall–Kier alpha value is -6.44. The van der Waals surface area contributed by atoms with Crippen LogP contribution < -0.4 is 4.90 Å². The minimum absolute atomic E-state index is 0.0654. The van der Waals surface area contributed by atoms with E-state index >= 15 is 0 Å². The van der Waals surface area contributed by atoms with Crippen LogP contribution in [0.15, 0.2) is 188 Å². The monoisotopic (exact) mass is 731 g/mol. The van der Waals surface area contributed by atoms with Gasteiger partial charge in [0.25, 0.3) is 0 Å². The molecule has 1 heteroatoms. The molecule has 0 amide bonds. The molecule has 1 nitrogen and oxygen atoms in total. The van der Waals surface area contributed by atoms with Crippen LogP contribution in [-0.2, 0) is 10.8 Å². The van der Waals surface area contributed by atoms with Crippen LogP contribution in [0.5, 0.6) is 0 Å². The maximum absolute atomic E-state index is 2.57. The van der Waals surface area contributed by atoms with Gasteiger partial charge in [-0.05, 0) is 104 Å². The molecule has 0 atom stereocenters. The molecule has 8 aromatic rings. The second-order valence-corrected chi connectivity index (χ2v) is 16.8. The predicted octanol–water partition coefficient (Wildman–Crippen LogP) is 15.3. The first-order chi connectivity index (χ1) is 28.0. The van der Waals surface area contributed by atoms with Crippen LogP contribution in [0.1, 0.15) is 61.8 Å². The molecule has 1 saturated carbocycles. The summed E-state index contributed by atoms with van der Waals surface area (Å²) in [5, 5.41) is 0. The molecule has 0 heterocycles. The zero-order valence-electron chi connectivity index (χ0n) is 32.7. The largest absolute Gasteiger partial charge is 0.309 e. The number of nitrogens with zero attached hydrogens (tertiary/aromatic N) is 1. The van der Waals surface area contributed by atoms with E-state index in [4.69, 9.17) is 0 Å². The zero-order valence-corrected chi connectivity index (χ0v) is 32.7. The summed E-state index contributed by atoms with van der Waals surface area (Å²) >= 11 is 0. The first-order valence-corrected chi connectivity index (χ1v) is 20.7. The number of hydrogen-bond donors (Lipinski definition) is 0. The average molecular weight is 732 g/mol. The molecule has 0 unspecified atom stereocenters. The van der Waals surface area contributed by atoms with Crippen molar-refractivity contribution in [2.75, 3.05) is 4.90 Å². The Morgan fingerprint density at radius 1 is 0.368 bits per heavy atom. The summed E-state index contributed by atoms with van der Waals surface area (Å²) in [6, 6.07) is 70.4. The van der Waals surface area contributed by atoms with E-state index in [2.05, 4.69) is 207 Å². The topological polar surface area (TPSA) is 3.24 Å². The van der Waals surface area contributed by atoms with Crippen molar-refractivity contribution < 1.29 is 0 Å². The zero-order chi connectivity index (χ0) is 38.1. The van der Waals surface area contributed by atoms with E-state index in [1.165, 1.54) is 121 Å². The SMILES string of the molecule is CC1(C)c2ccccc2-c2cccc(-c3ccccc3N(c3ccc4c(c3)C3(CCCC3)c3ccccc3-4)c3ccccc3-c3ccc(-c4ccccc4)cc3)c21. The fourth-order valence-electron chi connectivity index (χ4n) is 10.9. The third kappa shape index (κ3) is 5.15. The van der Waals surface area contributed by atoms with Crippen molar-refractivity contribution in [2.45, 2.75) is 50.4 Å². The fraction of sp³-hybridized carbons (Fsp3) is 0.143. The molecule has 0 N–H and O–H groups in total. The van der Waals surface area contributed by atoms with Gasteiger partial charge in [-0.1, -0.05) is 190 Å². The number of hydrogen-bond acceptors (Lipinski definition) is 1. The molecular weight excluding hydrogens is 687 g/mol. The lowest BCUT2D eigenvalue weighted by Gasteiger charge is -2.33. The lowest BCUT2D eigenvalue weighted by molar-refractivity contribution is 0.550. The van der Waals surface area contributed by atoms with Gasteiger partial charge < -0.3 is 4.90 Å². The Morgan fingerprint density at radius 3 is 1.58 bits per heavy atom. The molecule has 0 aliphatic heterocycles. The first-order valence-electron chi connectivity index (χ1n) is 20.7. The molecule has 11 rings (SSSR count). The van der Waals surface area contributed by atoms with E-state index in [9.17, 15) is 0 Å². The minimum Gasteiger partial charge on any atom is -0.309 e. The van der Waals surface area contributed by atoms with Gasteiger partial charge >= 0.3 is 0 Å². The highest BCUT2D eigenvalue weighted by molar-refractivity contribution is 5.98. The van der Waals surface area contributed by atoms with E-state index in [0.29, 0.717) is 0 Å². The van der Waals surface area contributed by atoms with Crippen LogP contribution in [0.4, 0.5) is 17.1 Å². The van der Waals surface area contributed by atoms with Crippen LogP contribution in [0, 0.1) is 0 Å². The number of para-hydroxylation sites is 2. The van der Waals surface area contributed by atoms with Crippen LogP contribution in [0.2, 0.25) is 0 Å². The molecule has 0 saturated heterocycles. The summed E-state index contributed by atoms with van der Waals surface area (Å²) < 4.78 is 0. The molecule has 0 bridgehead atoms. The van der Waals surface area contributed by atoms with E-state index in [0.717, 1.165) is 0 Å². The molecule has 1 spiro atoms. The van der Waals surface area contributed by atoms with Crippen LogP contribution in [0.3, 0.4) is 0 Å². The summed E-state index contributed by atoms with van der Waals surface area (Å²) in [6.07, 6.45) is 4.94. The summed E-state index contributed by atoms with van der Waals surface area (Å²) in [5.74, 6) is 0. The van der Waals surface area contributed by atoms with Crippen molar-refractivity contribution in [3.05, 3.63) is 210 Å². The lowest BCUT2D eigenvalue weighted by Crippen LogP contribution is -2.21. The van der Waals surface area contributed by atoms with E-state index in [1.807, 2.05) is 0 Å². The molecule has 3 aliphatic carbocycles. The Bertz CT molecular complexity index is 2820. The Kier molecular flexibility index (Phi) is 7.76. The van der Waals surface area contributed by atoms with E-state index < -0.39 is 0 Å². The minimum atomic E-state index is -0.146. The highest BCUT2D eigenvalue weighted by atomic mass is 15.1. The van der Waals surface area contributed by atoms with Gasteiger partial charge in [-0.3, -0.25) is 0 Å². The fourth-order valence-corrected chi connectivity index (χ4v) is 10.9. The van der Waals surface area contributed by atoms with Crippen molar-refractivity contribution in [1.29, 1.82) is 0 Å². The molecule has 8 aromatic carbocycles. The molecule has 0 aromatic heterocycles. The lowest BCUT2D eigenvalue weighted by atomic mass is 9.76. The normalized spacial score (nSPS) is 15.2. The number of anilines is 3. The van der Waals surface area contributed by atoms with Crippen molar-refractivity contribution >= 4 is 17.1 Å². The molecule has 57 heavy (non-hydrogen) atoms. The summed E-state index contributed by atoms with van der Waals surface area (Å²) in [5.41, 5.74) is 22.2. The predicted molar refractivity (Wildman–Crippen MR) is 240 cm³/mol. The van der Waals surface area contributed by atoms with E-state index in [-0.39, 0.29) is 10.8 Å². The number of rotatable bonds is 6. The van der Waals surface area contributed by atoms with Gasteiger partial charge in [0.05, 0.1) is 11.4 Å². The number of benzene rings is 8. The second-order valence-electron chi connectivity index (χ2n) is 16.8. The summed E-state index contributed by atoms with van der Waals surface area (Å²) in [4.78, 5) is 2.57. The maximum Gasteiger partial charge on any atom is 0.0540 e.